The molecule has 0 amide bonds. The zero-order chi connectivity index (χ0) is 9.10. The molecule has 1 aliphatic rings. The number of ether oxygens (including phenoxy) is 2. The van der Waals surface area contributed by atoms with E-state index in [9.17, 15) is 0 Å². The molecule has 0 spiro atoms. The van der Waals surface area contributed by atoms with Gasteiger partial charge in [0.1, 0.15) is 12.4 Å². The molecular weight excluding hydrogens is 166 g/mol. The zero-order valence-corrected chi connectivity index (χ0v) is 7.45. The molecule has 2 N–H and O–H groups in total. The highest BCUT2D eigenvalue weighted by Gasteiger charge is 2.11. The molecule has 0 radical (unpaired) electrons. The predicted molar refractivity (Wildman–Crippen MR) is 49.5 cm³/mol. The van der Waals surface area contributed by atoms with Crippen molar-refractivity contribution in [2.45, 2.75) is 13.2 Å². The lowest BCUT2D eigenvalue weighted by molar-refractivity contribution is 0.106. The van der Waals surface area contributed by atoms with E-state index in [1.807, 2.05) is 18.2 Å². The molecule has 0 aliphatic carbocycles. The van der Waals surface area contributed by atoms with Gasteiger partial charge in [0.2, 0.25) is 0 Å². The number of hydrogen-bond acceptors (Lipinski definition) is 3. The first kappa shape index (κ1) is 8.53. The maximum Gasteiger partial charge on any atom is 0.125 e. The van der Waals surface area contributed by atoms with Crippen molar-refractivity contribution in [1.82, 2.24) is 0 Å². The van der Waals surface area contributed by atoms with E-state index in [4.69, 9.17) is 15.2 Å². The summed E-state index contributed by atoms with van der Waals surface area (Å²) >= 11 is 0. The van der Waals surface area contributed by atoms with Gasteiger partial charge in [-0.25, -0.2) is 0 Å². The van der Waals surface area contributed by atoms with Crippen LogP contribution in [0.4, 0.5) is 0 Å². The van der Waals surface area contributed by atoms with Gasteiger partial charge < -0.3 is 15.2 Å². The average molecular weight is 179 g/mol. The van der Waals surface area contributed by atoms with E-state index in [1.54, 1.807) is 0 Å². The third-order valence-corrected chi connectivity index (χ3v) is 2.18. The number of rotatable bonds is 1. The fourth-order valence-electron chi connectivity index (χ4n) is 1.49. The van der Waals surface area contributed by atoms with Crippen molar-refractivity contribution in [3.63, 3.8) is 0 Å². The van der Waals surface area contributed by atoms with Crippen LogP contribution >= 0.6 is 0 Å². The Balaban J connectivity index is 2.40. The largest absolute Gasteiger partial charge is 0.491 e. The Hall–Kier alpha value is -1.06. The van der Waals surface area contributed by atoms with Crippen molar-refractivity contribution in [3.05, 3.63) is 29.3 Å². The summed E-state index contributed by atoms with van der Waals surface area (Å²) in [6, 6.07) is 5.94. The Bertz CT molecular complexity index is 299. The molecule has 3 heteroatoms. The van der Waals surface area contributed by atoms with E-state index < -0.39 is 0 Å². The lowest BCUT2D eigenvalue weighted by Gasteiger charge is -2.09. The van der Waals surface area contributed by atoms with Gasteiger partial charge in [-0.3, -0.25) is 0 Å². The molecule has 0 saturated heterocycles. The SMILES string of the molecule is NCc1cccc2c1COCCO2. The van der Waals surface area contributed by atoms with E-state index >= 15 is 0 Å². The molecule has 0 aromatic heterocycles. The van der Waals surface area contributed by atoms with Gasteiger partial charge in [-0.1, -0.05) is 12.1 Å². The summed E-state index contributed by atoms with van der Waals surface area (Å²) in [6.07, 6.45) is 0. The van der Waals surface area contributed by atoms with Crippen molar-refractivity contribution in [1.29, 1.82) is 0 Å². The Morgan fingerprint density at radius 2 is 2.23 bits per heavy atom. The third-order valence-electron chi connectivity index (χ3n) is 2.18. The van der Waals surface area contributed by atoms with Gasteiger partial charge in [-0.2, -0.15) is 0 Å². The van der Waals surface area contributed by atoms with Crippen LogP contribution in [0.1, 0.15) is 11.1 Å². The Labute approximate surface area is 77.5 Å². The molecule has 2 rings (SSSR count). The second-order valence-electron chi connectivity index (χ2n) is 3.00. The third kappa shape index (κ3) is 1.66. The highest BCUT2D eigenvalue weighted by atomic mass is 16.5. The molecule has 1 aliphatic heterocycles. The van der Waals surface area contributed by atoms with Gasteiger partial charge in [-0.05, 0) is 11.6 Å². The summed E-state index contributed by atoms with van der Waals surface area (Å²) in [5.74, 6) is 0.917. The summed E-state index contributed by atoms with van der Waals surface area (Å²) in [5.41, 5.74) is 7.82. The monoisotopic (exact) mass is 179 g/mol. The predicted octanol–water partition coefficient (Wildman–Crippen LogP) is 1.05. The number of fused-ring (bicyclic) bond motifs is 1. The van der Waals surface area contributed by atoms with Crippen LogP contribution in [-0.2, 0) is 17.9 Å². The van der Waals surface area contributed by atoms with Crippen molar-refractivity contribution in [2.24, 2.45) is 5.73 Å². The lowest BCUT2D eigenvalue weighted by Crippen LogP contribution is -2.02. The highest BCUT2D eigenvalue weighted by Crippen LogP contribution is 2.24. The molecule has 0 fully saturated rings. The van der Waals surface area contributed by atoms with E-state index in [1.165, 1.54) is 0 Å². The van der Waals surface area contributed by atoms with Crippen LogP contribution in [0.2, 0.25) is 0 Å². The number of benzene rings is 1. The Morgan fingerprint density at radius 1 is 1.31 bits per heavy atom. The summed E-state index contributed by atoms with van der Waals surface area (Å²) in [4.78, 5) is 0. The quantitative estimate of drug-likeness (QED) is 0.701. The summed E-state index contributed by atoms with van der Waals surface area (Å²) in [5, 5.41) is 0. The fourth-order valence-corrected chi connectivity index (χ4v) is 1.49. The van der Waals surface area contributed by atoms with Gasteiger partial charge in [0.15, 0.2) is 0 Å². The minimum absolute atomic E-state index is 0.538. The lowest BCUT2D eigenvalue weighted by atomic mass is 10.1. The normalized spacial score (nSPS) is 15.8. The van der Waals surface area contributed by atoms with E-state index in [-0.39, 0.29) is 0 Å². The number of nitrogens with two attached hydrogens (primary N) is 1. The molecule has 13 heavy (non-hydrogen) atoms. The van der Waals surface area contributed by atoms with Crippen molar-refractivity contribution in [3.8, 4) is 5.75 Å². The molecular formula is C10H13NO2. The van der Waals surface area contributed by atoms with Crippen LogP contribution in [-0.4, -0.2) is 13.2 Å². The molecule has 1 aromatic rings. The summed E-state index contributed by atoms with van der Waals surface area (Å²) in [7, 11) is 0. The Morgan fingerprint density at radius 3 is 3.08 bits per heavy atom. The van der Waals surface area contributed by atoms with Gasteiger partial charge in [0, 0.05) is 12.1 Å². The van der Waals surface area contributed by atoms with Crippen molar-refractivity contribution in [2.75, 3.05) is 13.2 Å². The highest BCUT2D eigenvalue weighted by molar-refractivity contribution is 5.40. The molecule has 0 saturated carbocycles. The molecule has 3 nitrogen and oxygen atoms in total. The van der Waals surface area contributed by atoms with Crippen molar-refractivity contribution < 1.29 is 9.47 Å². The smallest absolute Gasteiger partial charge is 0.125 e. The fraction of sp³-hybridized carbons (Fsp3) is 0.400. The van der Waals surface area contributed by atoms with Crippen LogP contribution in [0.3, 0.4) is 0 Å². The molecule has 0 unspecified atom stereocenters. The van der Waals surface area contributed by atoms with Crippen molar-refractivity contribution >= 4 is 0 Å². The summed E-state index contributed by atoms with van der Waals surface area (Å²) in [6.45, 7) is 2.43. The Kier molecular flexibility index (Phi) is 2.47. The van der Waals surface area contributed by atoms with Crippen LogP contribution in [0.25, 0.3) is 0 Å². The van der Waals surface area contributed by atoms with E-state index in [2.05, 4.69) is 0 Å². The molecule has 1 aromatic carbocycles. The summed E-state index contributed by atoms with van der Waals surface area (Å²) < 4.78 is 10.9. The minimum Gasteiger partial charge on any atom is -0.491 e. The first-order valence-corrected chi connectivity index (χ1v) is 4.43. The van der Waals surface area contributed by atoms with Gasteiger partial charge >= 0.3 is 0 Å². The van der Waals surface area contributed by atoms with Gasteiger partial charge in [0.25, 0.3) is 0 Å². The van der Waals surface area contributed by atoms with Crippen LogP contribution in [0.15, 0.2) is 18.2 Å². The topological polar surface area (TPSA) is 44.5 Å². The van der Waals surface area contributed by atoms with Gasteiger partial charge in [0.05, 0.1) is 13.2 Å². The van der Waals surface area contributed by atoms with E-state index in [0.717, 1.165) is 16.9 Å². The second kappa shape index (κ2) is 3.77. The van der Waals surface area contributed by atoms with Crippen LogP contribution in [0.5, 0.6) is 5.75 Å². The minimum atomic E-state index is 0.538. The molecule has 1 heterocycles. The molecule has 0 atom stereocenters. The molecule has 70 valence electrons. The second-order valence-corrected chi connectivity index (χ2v) is 3.00. The first-order chi connectivity index (χ1) is 6.42. The zero-order valence-electron chi connectivity index (χ0n) is 7.45. The van der Waals surface area contributed by atoms with Crippen LogP contribution < -0.4 is 10.5 Å². The maximum absolute atomic E-state index is 5.61. The van der Waals surface area contributed by atoms with Gasteiger partial charge in [-0.15, -0.1) is 0 Å². The first-order valence-electron chi connectivity index (χ1n) is 4.43. The molecule has 0 bridgehead atoms. The van der Waals surface area contributed by atoms with Crippen LogP contribution in [0, 0.1) is 0 Å². The maximum atomic E-state index is 5.61. The number of hydrogen-bond donors (Lipinski definition) is 1. The van der Waals surface area contributed by atoms with E-state index in [0.29, 0.717) is 26.4 Å². The average Bonchev–Trinajstić information content (AvgIpc) is 2.41. The standard InChI is InChI=1S/C10H13NO2/c11-6-8-2-1-3-10-9(8)7-12-4-5-13-10/h1-3H,4-7,11H2.